The third-order valence-corrected chi connectivity index (χ3v) is 3.94. The summed E-state index contributed by atoms with van der Waals surface area (Å²) < 4.78 is 2.02. The van der Waals surface area contributed by atoms with Crippen LogP contribution in [-0.4, -0.2) is 19.7 Å². The van der Waals surface area contributed by atoms with Gasteiger partial charge in [0, 0.05) is 11.9 Å². The Labute approximate surface area is 121 Å². The number of benzene rings is 1. The van der Waals surface area contributed by atoms with E-state index in [0.717, 1.165) is 22.3 Å². The molecule has 0 saturated heterocycles. The van der Waals surface area contributed by atoms with Crippen molar-refractivity contribution >= 4 is 11.8 Å². The number of aryl methyl sites for hydroxylation is 1. The second-order valence-electron chi connectivity index (χ2n) is 4.38. The maximum atomic E-state index is 4.32. The van der Waals surface area contributed by atoms with Crippen molar-refractivity contribution in [1.29, 1.82) is 0 Å². The molecule has 0 aliphatic carbocycles. The average Bonchev–Trinajstić information content (AvgIpc) is 2.95. The van der Waals surface area contributed by atoms with Gasteiger partial charge in [-0.3, -0.25) is 9.55 Å². The lowest BCUT2D eigenvalue weighted by Gasteiger charge is -2.08. The fourth-order valence-corrected chi connectivity index (χ4v) is 2.78. The quantitative estimate of drug-likeness (QED) is 0.689. The van der Waals surface area contributed by atoms with Gasteiger partial charge in [0.1, 0.15) is 6.33 Å². The summed E-state index contributed by atoms with van der Waals surface area (Å²) in [5.74, 6) is 0.783. The van der Waals surface area contributed by atoms with Gasteiger partial charge in [-0.2, -0.15) is 0 Å². The van der Waals surface area contributed by atoms with Gasteiger partial charge in [-0.25, -0.2) is 0 Å². The highest BCUT2D eigenvalue weighted by Gasteiger charge is 2.09. The van der Waals surface area contributed by atoms with Gasteiger partial charge in [0.05, 0.1) is 11.4 Å². The molecule has 0 N–H and O–H groups in total. The van der Waals surface area contributed by atoms with Crippen molar-refractivity contribution in [2.75, 3.05) is 0 Å². The SMILES string of the molecule is Cc1ccccc1-n1cnnc1SCc1ccccn1. The van der Waals surface area contributed by atoms with Crippen LogP contribution >= 0.6 is 11.8 Å². The van der Waals surface area contributed by atoms with E-state index in [1.807, 2.05) is 41.1 Å². The van der Waals surface area contributed by atoms with Crippen molar-refractivity contribution in [3.63, 3.8) is 0 Å². The van der Waals surface area contributed by atoms with Crippen LogP contribution in [0.4, 0.5) is 0 Å². The third-order valence-electron chi connectivity index (χ3n) is 2.97. The van der Waals surface area contributed by atoms with Crippen LogP contribution in [0.2, 0.25) is 0 Å². The van der Waals surface area contributed by atoms with E-state index < -0.39 is 0 Å². The summed E-state index contributed by atoms with van der Waals surface area (Å²) in [6.45, 7) is 2.09. The summed E-state index contributed by atoms with van der Waals surface area (Å²) in [5, 5.41) is 9.10. The van der Waals surface area contributed by atoms with Gasteiger partial charge >= 0.3 is 0 Å². The Hall–Kier alpha value is -2.14. The van der Waals surface area contributed by atoms with Crippen LogP contribution < -0.4 is 0 Å². The predicted octanol–water partition coefficient (Wildman–Crippen LogP) is 3.26. The first-order chi connectivity index (χ1) is 9.84. The Bertz CT molecular complexity index is 694. The minimum Gasteiger partial charge on any atom is -0.276 e. The van der Waals surface area contributed by atoms with E-state index in [4.69, 9.17) is 0 Å². The van der Waals surface area contributed by atoms with E-state index in [1.54, 1.807) is 18.1 Å². The Morgan fingerprint density at radius 3 is 2.75 bits per heavy atom. The number of nitrogens with zero attached hydrogens (tertiary/aromatic N) is 4. The zero-order chi connectivity index (χ0) is 13.8. The molecule has 0 radical (unpaired) electrons. The van der Waals surface area contributed by atoms with Crippen molar-refractivity contribution in [2.45, 2.75) is 17.8 Å². The molecule has 5 heteroatoms. The van der Waals surface area contributed by atoms with Gasteiger partial charge in [-0.1, -0.05) is 36.0 Å². The molecule has 0 unspecified atom stereocenters. The number of hydrogen-bond acceptors (Lipinski definition) is 4. The van der Waals surface area contributed by atoms with Crippen molar-refractivity contribution in [3.8, 4) is 5.69 Å². The Morgan fingerprint density at radius 2 is 1.95 bits per heavy atom. The monoisotopic (exact) mass is 282 g/mol. The molecular formula is C15H14N4S. The molecule has 0 spiro atoms. The van der Waals surface area contributed by atoms with Crippen LogP contribution in [0.3, 0.4) is 0 Å². The van der Waals surface area contributed by atoms with Gasteiger partial charge in [0.2, 0.25) is 0 Å². The molecule has 0 bridgehead atoms. The molecule has 0 aliphatic heterocycles. The number of aromatic nitrogens is 4. The van der Waals surface area contributed by atoms with Crippen molar-refractivity contribution < 1.29 is 0 Å². The van der Waals surface area contributed by atoms with E-state index in [9.17, 15) is 0 Å². The molecule has 20 heavy (non-hydrogen) atoms. The second-order valence-corrected chi connectivity index (χ2v) is 5.32. The third kappa shape index (κ3) is 2.72. The number of rotatable bonds is 4. The summed E-state index contributed by atoms with van der Waals surface area (Å²) in [6, 6.07) is 14.1. The van der Waals surface area contributed by atoms with Gasteiger partial charge in [0.25, 0.3) is 0 Å². The second kappa shape index (κ2) is 5.88. The maximum absolute atomic E-state index is 4.32. The standard InChI is InChI=1S/C15H14N4S/c1-12-6-2-3-8-14(12)19-11-17-18-15(19)20-10-13-7-4-5-9-16-13/h2-9,11H,10H2,1H3. The molecule has 0 amide bonds. The Balaban J connectivity index is 1.83. The van der Waals surface area contributed by atoms with Crippen LogP contribution in [0.1, 0.15) is 11.3 Å². The maximum Gasteiger partial charge on any atom is 0.196 e. The smallest absolute Gasteiger partial charge is 0.196 e. The molecule has 0 atom stereocenters. The number of thioether (sulfide) groups is 1. The first kappa shape index (κ1) is 12.9. The topological polar surface area (TPSA) is 43.6 Å². The first-order valence-corrected chi connectivity index (χ1v) is 7.32. The molecule has 1 aromatic carbocycles. The van der Waals surface area contributed by atoms with Crippen LogP contribution in [0.15, 0.2) is 60.1 Å². The molecule has 0 fully saturated rings. The molecular weight excluding hydrogens is 268 g/mol. The number of para-hydroxylation sites is 1. The van der Waals surface area contributed by atoms with Crippen LogP contribution in [0, 0.1) is 6.92 Å². The van der Waals surface area contributed by atoms with Gasteiger partial charge in [-0.15, -0.1) is 10.2 Å². The van der Waals surface area contributed by atoms with Crippen molar-refractivity contribution in [2.24, 2.45) is 0 Å². The lowest BCUT2D eigenvalue weighted by atomic mass is 10.2. The van der Waals surface area contributed by atoms with Crippen LogP contribution in [0.25, 0.3) is 5.69 Å². The summed E-state index contributed by atoms with van der Waals surface area (Å²) in [5.41, 5.74) is 3.35. The van der Waals surface area contributed by atoms with Crippen molar-refractivity contribution in [1.82, 2.24) is 19.7 Å². The molecule has 3 rings (SSSR count). The fourth-order valence-electron chi connectivity index (χ4n) is 1.94. The number of hydrogen-bond donors (Lipinski definition) is 0. The predicted molar refractivity (Wildman–Crippen MR) is 79.9 cm³/mol. The Kier molecular flexibility index (Phi) is 3.78. The lowest BCUT2D eigenvalue weighted by Crippen LogP contribution is -1.98. The van der Waals surface area contributed by atoms with Crippen LogP contribution in [-0.2, 0) is 5.75 Å². The molecule has 4 nitrogen and oxygen atoms in total. The summed E-state index contributed by atoms with van der Waals surface area (Å²) >= 11 is 1.64. The molecule has 2 heterocycles. The van der Waals surface area contributed by atoms with E-state index in [-0.39, 0.29) is 0 Å². The van der Waals surface area contributed by atoms with Crippen LogP contribution in [0.5, 0.6) is 0 Å². The van der Waals surface area contributed by atoms with Crippen molar-refractivity contribution in [3.05, 3.63) is 66.2 Å². The zero-order valence-electron chi connectivity index (χ0n) is 11.1. The fraction of sp³-hybridized carbons (Fsp3) is 0.133. The lowest BCUT2D eigenvalue weighted by molar-refractivity contribution is 0.877. The molecule has 3 aromatic rings. The highest BCUT2D eigenvalue weighted by atomic mass is 32.2. The van der Waals surface area contributed by atoms with Gasteiger partial charge in [-0.05, 0) is 30.7 Å². The largest absolute Gasteiger partial charge is 0.276 e. The molecule has 2 aromatic heterocycles. The highest BCUT2D eigenvalue weighted by molar-refractivity contribution is 7.98. The van der Waals surface area contributed by atoms with E-state index >= 15 is 0 Å². The molecule has 100 valence electrons. The average molecular weight is 282 g/mol. The summed E-state index contributed by atoms with van der Waals surface area (Å²) in [4.78, 5) is 4.32. The zero-order valence-corrected chi connectivity index (χ0v) is 11.9. The minimum absolute atomic E-state index is 0.783. The normalized spacial score (nSPS) is 10.7. The summed E-state index contributed by atoms with van der Waals surface area (Å²) in [6.07, 6.45) is 3.56. The highest BCUT2D eigenvalue weighted by Crippen LogP contribution is 2.23. The van der Waals surface area contributed by atoms with E-state index in [2.05, 4.69) is 34.2 Å². The number of pyridine rings is 1. The van der Waals surface area contributed by atoms with Gasteiger partial charge in [0.15, 0.2) is 5.16 Å². The Morgan fingerprint density at radius 1 is 1.10 bits per heavy atom. The van der Waals surface area contributed by atoms with E-state index in [1.165, 1.54) is 5.56 Å². The van der Waals surface area contributed by atoms with Gasteiger partial charge < -0.3 is 0 Å². The van der Waals surface area contributed by atoms with E-state index in [0.29, 0.717) is 0 Å². The minimum atomic E-state index is 0.783. The molecule has 0 aliphatic rings. The summed E-state index contributed by atoms with van der Waals surface area (Å²) in [7, 11) is 0. The molecule has 0 saturated carbocycles. The first-order valence-electron chi connectivity index (χ1n) is 6.33.